The van der Waals surface area contributed by atoms with Crippen LogP contribution >= 0.6 is 15.9 Å². The lowest BCUT2D eigenvalue weighted by molar-refractivity contribution is -0.144. The second-order valence-electron chi connectivity index (χ2n) is 11.6. The van der Waals surface area contributed by atoms with Gasteiger partial charge in [-0.15, -0.1) is 0 Å². The summed E-state index contributed by atoms with van der Waals surface area (Å²) in [4.78, 5) is 29.9. The predicted molar refractivity (Wildman–Crippen MR) is 173 cm³/mol. The van der Waals surface area contributed by atoms with Gasteiger partial charge in [-0.3, -0.25) is 9.69 Å². The normalized spacial score (nSPS) is 20.7. The molecule has 2 aliphatic rings. The molecule has 0 aromatic heterocycles. The molecule has 1 N–H and O–H groups in total. The number of fused-ring (bicyclic) bond motifs is 1. The molecule has 0 fully saturated rings. The van der Waals surface area contributed by atoms with Crippen LogP contribution < -0.4 is 9.62 Å². The number of carbonyl (C=O) groups is 2. The highest BCUT2D eigenvalue weighted by atomic mass is 79.9. The van der Waals surface area contributed by atoms with Gasteiger partial charge in [0, 0.05) is 16.1 Å². The van der Waals surface area contributed by atoms with E-state index in [9.17, 15) is 9.00 Å². The first-order valence-corrected chi connectivity index (χ1v) is 15.9. The summed E-state index contributed by atoms with van der Waals surface area (Å²) in [6.07, 6.45) is 1.86. The van der Waals surface area contributed by atoms with Gasteiger partial charge in [-0.2, -0.15) is 0 Å². The minimum absolute atomic E-state index is 0.390. The van der Waals surface area contributed by atoms with E-state index >= 15 is 4.79 Å². The average molecular weight is 656 g/mol. The highest BCUT2D eigenvalue weighted by molar-refractivity contribution is 9.10. The van der Waals surface area contributed by atoms with Crippen LogP contribution in [0.3, 0.4) is 0 Å². The molecule has 0 spiro atoms. The van der Waals surface area contributed by atoms with Gasteiger partial charge in [0.2, 0.25) is 0 Å². The third kappa shape index (κ3) is 4.69. The van der Waals surface area contributed by atoms with E-state index in [1.165, 1.54) is 6.08 Å². The zero-order valence-corrected chi connectivity index (χ0v) is 26.4. The summed E-state index contributed by atoms with van der Waals surface area (Å²) >= 11 is 3.61. The summed E-state index contributed by atoms with van der Waals surface area (Å²) in [6.45, 7) is 5.50. The van der Waals surface area contributed by atoms with Crippen LogP contribution in [0.1, 0.15) is 43.0 Å². The summed E-state index contributed by atoms with van der Waals surface area (Å²) < 4.78 is 22.9. The largest absolute Gasteiger partial charge is 0.452 e. The molecule has 2 aliphatic heterocycles. The molecule has 0 saturated heterocycles. The number of esters is 1. The van der Waals surface area contributed by atoms with Crippen molar-refractivity contribution in [3.8, 4) is 0 Å². The lowest BCUT2D eigenvalue weighted by Crippen LogP contribution is -2.63. The molecule has 3 atom stereocenters. The van der Waals surface area contributed by atoms with Crippen LogP contribution in [0.4, 0.5) is 5.69 Å². The number of nitrogens with one attached hydrogen (secondary N) is 1. The van der Waals surface area contributed by atoms with Crippen molar-refractivity contribution in [1.82, 2.24) is 4.72 Å². The second kappa shape index (κ2) is 11.0. The van der Waals surface area contributed by atoms with E-state index in [1.54, 1.807) is 11.0 Å². The first kappa shape index (κ1) is 29.2. The van der Waals surface area contributed by atoms with Gasteiger partial charge in [-0.1, -0.05) is 107 Å². The Kier molecular flexibility index (Phi) is 7.49. The van der Waals surface area contributed by atoms with Crippen molar-refractivity contribution in [1.29, 1.82) is 0 Å². The van der Waals surface area contributed by atoms with E-state index in [0.29, 0.717) is 11.3 Å². The van der Waals surface area contributed by atoms with Crippen molar-refractivity contribution in [2.75, 3.05) is 4.90 Å². The molecule has 6 rings (SSSR count). The molecule has 8 heteroatoms. The number of hydrogen-bond acceptors (Lipinski definition) is 4. The maximum absolute atomic E-state index is 15.6. The van der Waals surface area contributed by atoms with Crippen LogP contribution in [0.15, 0.2) is 126 Å². The fourth-order valence-corrected chi connectivity index (χ4v) is 7.28. The van der Waals surface area contributed by atoms with Gasteiger partial charge in [0.05, 0.1) is 21.4 Å². The number of anilines is 1. The summed E-state index contributed by atoms with van der Waals surface area (Å²) in [5.74, 6) is -0.949. The minimum Gasteiger partial charge on any atom is -0.452 e. The van der Waals surface area contributed by atoms with Crippen molar-refractivity contribution in [3.63, 3.8) is 0 Å². The first-order valence-electron chi connectivity index (χ1n) is 14.0. The van der Waals surface area contributed by atoms with Gasteiger partial charge in [0.25, 0.3) is 5.91 Å². The molecule has 6 nitrogen and oxygen atoms in total. The number of benzene rings is 4. The van der Waals surface area contributed by atoms with Crippen LogP contribution in [0, 0.1) is 0 Å². The molecule has 0 saturated carbocycles. The summed E-state index contributed by atoms with van der Waals surface area (Å²) in [7, 11) is -1.72. The van der Waals surface area contributed by atoms with Crippen molar-refractivity contribution >= 4 is 44.5 Å². The van der Waals surface area contributed by atoms with Crippen molar-refractivity contribution in [2.24, 2.45) is 0 Å². The number of cyclic esters (lactones) is 1. The van der Waals surface area contributed by atoms with Gasteiger partial charge >= 0.3 is 5.97 Å². The number of carbonyl (C=O) groups excluding carboxylic acids is 2. The summed E-state index contributed by atoms with van der Waals surface area (Å²) in [5, 5.41) is 0. The highest BCUT2D eigenvalue weighted by Crippen LogP contribution is 2.54. The number of amides is 1. The molecular formula is C35H31BrN2O4S. The molecule has 1 amide bonds. The Balaban J connectivity index is 1.74. The standard InChI is InChI=1S/C35H31BrN2O4S/c1-33(2,3)43(41)37-34(30-21-22-31(39)42-30)28-23-27(36)19-20-29(28)38(32(34)40)35(24-13-7-4-8-14-24,25-15-9-5-10-16-25)26-17-11-6-12-18-26/h4-23,30,37H,1-3H3/t30-,34-,43?/m1/s1. The van der Waals surface area contributed by atoms with Crippen LogP contribution in [-0.2, 0) is 36.4 Å². The lowest BCUT2D eigenvalue weighted by atomic mass is 9.75. The number of halogens is 1. The molecule has 2 heterocycles. The number of hydrogen-bond donors (Lipinski definition) is 1. The minimum atomic E-state index is -1.72. The molecule has 43 heavy (non-hydrogen) atoms. The molecule has 0 radical (unpaired) electrons. The number of ether oxygens (including phenoxy) is 1. The number of rotatable bonds is 7. The Morgan fingerprint density at radius 1 is 0.814 bits per heavy atom. The first-order chi connectivity index (χ1) is 20.6. The smallest absolute Gasteiger partial charge is 0.331 e. The molecular weight excluding hydrogens is 624 g/mol. The Labute approximate surface area is 262 Å². The fourth-order valence-electron chi connectivity index (χ4n) is 6.01. The van der Waals surface area contributed by atoms with Gasteiger partial charge in [-0.05, 0) is 61.7 Å². The maximum Gasteiger partial charge on any atom is 0.331 e. The Morgan fingerprint density at radius 3 is 1.77 bits per heavy atom. The molecule has 1 unspecified atom stereocenters. The van der Waals surface area contributed by atoms with E-state index in [4.69, 9.17) is 4.74 Å². The molecule has 218 valence electrons. The van der Waals surface area contributed by atoms with Crippen LogP contribution in [0.5, 0.6) is 0 Å². The van der Waals surface area contributed by atoms with Gasteiger partial charge in [-0.25, -0.2) is 13.7 Å². The topological polar surface area (TPSA) is 75.7 Å². The quantitative estimate of drug-likeness (QED) is 0.182. The summed E-state index contributed by atoms with van der Waals surface area (Å²) in [6, 6.07) is 35.3. The van der Waals surface area contributed by atoms with E-state index in [1.807, 2.05) is 130 Å². The van der Waals surface area contributed by atoms with Crippen LogP contribution in [0.25, 0.3) is 0 Å². The lowest BCUT2D eigenvalue weighted by Gasteiger charge is -2.45. The zero-order chi connectivity index (χ0) is 30.4. The third-order valence-corrected chi connectivity index (χ3v) is 10.1. The fraction of sp³-hybridized carbons (Fsp3) is 0.200. The van der Waals surface area contributed by atoms with E-state index in [2.05, 4.69) is 20.7 Å². The van der Waals surface area contributed by atoms with Crippen LogP contribution in [0.2, 0.25) is 0 Å². The molecule has 0 aliphatic carbocycles. The Hall–Kier alpha value is -3.85. The highest BCUT2D eigenvalue weighted by Gasteiger charge is 2.64. The van der Waals surface area contributed by atoms with Crippen LogP contribution in [-0.4, -0.2) is 26.9 Å². The molecule has 4 aromatic rings. The van der Waals surface area contributed by atoms with Crippen molar-refractivity contribution in [3.05, 3.63) is 148 Å². The zero-order valence-electron chi connectivity index (χ0n) is 24.0. The van der Waals surface area contributed by atoms with Gasteiger partial charge < -0.3 is 4.74 Å². The summed E-state index contributed by atoms with van der Waals surface area (Å²) in [5.41, 5.74) is 0.913. The van der Waals surface area contributed by atoms with Crippen molar-refractivity contribution in [2.45, 2.75) is 42.7 Å². The van der Waals surface area contributed by atoms with Gasteiger partial charge in [0.1, 0.15) is 5.54 Å². The number of nitrogens with zero attached hydrogens (tertiary/aromatic N) is 1. The second-order valence-corrected chi connectivity index (χ2v) is 14.5. The van der Waals surface area contributed by atoms with E-state index in [0.717, 1.165) is 21.2 Å². The molecule has 4 aromatic carbocycles. The maximum atomic E-state index is 15.6. The predicted octanol–water partition coefficient (Wildman–Crippen LogP) is 6.52. The third-order valence-electron chi connectivity index (χ3n) is 7.96. The molecule has 0 bridgehead atoms. The van der Waals surface area contributed by atoms with Crippen molar-refractivity contribution < 1.29 is 18.5 Å². The van der Waals surface area contributed by atoms with E-state index in [-0.39, 0.29) is 5.91 Å². The SMILES string of the molecule is CC(C)(C)S(=O)N[C@]1([C@H]2C=CC(=O)O2)C(=O)N(C(c2ccccc2)(c2ccccc2)c2ccccc2)c2ccc(Br)cc21. The monoisotopic (exact) mass is 654 g/mol. The Bertz CT molecular complexity index is 1640. The van der Waals surface area contributed by atoms with E-state index < -0.39 is 38.9 Å². The van der Waals surface area contributed by atoms with Gasteiger partial charge in [0.15, 0.2) is 11.6 Å². The average Bonchev–Trinajstić information content (AvgIpc) is 3.54. The Morgan fingerprint density at radius 2 is 1.33 bits per heavy atom.